The molecule has 4 heteroatoms. The van der Waals surface area contributed by atoms with E-state index in [0.717, 1.165) is 45.4 Å². The second kappa shape index (κ2) is 10.0. The van der Waals surface area contributed by atoms with Crippen LogP contribution >= 0.6 is 0 Å². The summed E-state index contributed by atoms with van der Waals surface area (Å²) in [4.78, 5) is 13.9. The van der Waals surface area contributed by atoms with Crippen molar-refractivity contribution in [1.29, 1.82) is 0 Å². The van der Waals surface area contributed by atoms with E-state index in [9.17, 15) is 4.79 Å². The molecule has 1 heterocycles. The summed E-state index contributed by atoms with van der Waals surface area (Å²) in [6, 6.07) is 0. The van der Waals surface area contributed by atoms with E-state index in [1.54, 1.807) is 0 Å². The monoisotopic (exact) mass is 285 g/mol. The van der Waals surface area contributed by atoms with Crippen LogP contribution in [0.5, 0.6) is 0 Å². The molecular formula is C16H31NO3. The van der Waals surface area contributed by atoms with E-state index in [2.05, 4.69) is 13.8 Å². The number of hydrogen-bond acceptors (Lipinski definition) is 3. The van der Waals surface area contributed by atoms with Gasteiger partial charge in [-0.05, 0) is 26.2 Å². The Labute approximate surface area is 123 Å². The maximum Gasteiger partial charge on any atom is 0.409 e. The molecule has 1 rings (SSSR count). The van der Waals surface area contributed by atoms with Crippen LogP contribution in [0.1, 0.15) is 59.3 Å². The average molecular weight is 285 g/mol. The molecule has 1 aliphatic heterocycles. The molecule has 0 aromatic heterocycles. The zero-order valence-corrected chi connectivity index (χ0v) is 13.4. The van der Waals surface area contributed by atoms with Crippen molar-refractivity contribution in [2.75, 3.05) is 26.3 Å². The smallest absolute Gasteiger partial charge is 0.409 e. The van der Waals surface area contributed by atoms with Crippen molar-refractivity contribution in [3.8, 4) is 0 Å². The van der Waals surface area contributed by atoms with E-state index in [4.69, 9.17) is 9.47 Å². The van der Waals surface area contributed by atoms with Crippen LogP contribution in [0.25, 0.3) is 0 Å². The van der Waals surface area contributed by atoms with E-state index in [-0.39, 0.29) is 6.09 Å². The number of hydrogen-bond donors (Lipinski definition) is 0. The van der Waals surface area contributed by atoms with Gasteiger partial charge in [-0.1, -0.05) is 33.1 Å². The number of rotatable bonds is 9. The third kappa shape index (κ3) is 5.70. The van der Waals surface area contributed by atoms with Crippen molar-refractivity contribution in [1.82, 2.24) is 4.90 Å². The minimum atomic E-state index is -0.165. The molecular weight excluding hydrogens is 254 g/mol. The minimum Gasteiger partial charge on any atom is -0.450 e. The van der Waals surface area contributed by atoms with Crippen molar-refractivity contribution < 1.29 is 14.3 Å². The van der Waals surface area contributed by atoms with Gasteiger partial charge in [0.25, 0.3) is 0 Å². The molecule has 1 saturated heterocycles. The lowest BCUT2D eigenvalue weighted by Gasteiger charge is -2.27. The zero-order chi connectivity index (χ0) is 14.8. The summed E-state index contributed by atoms with van der Waals surface area (Å²) in [7, 11) is 0. The number of unbranched alkanes of at least 4 members (excludes halogenated alkanes) is 2. The average Bonchev–Trinajstić information content (AvgIpc) is 2.88. The van der Waals surface area contributed by atoms with Gasteiger partial charge in [0.05, 0.1) is 12.7 Å². The molecule has 0 radical (unpaired) electrons. The second-order valence-electron chi connectivity index (χ2n) is 5.60. The Bertz CT molecular complexity index is 270. The van der Waals surface area contributed by atoms with Crippen LogP contribution in [0, 0.1) is 5.92 Å². The fraction of sp³-hybridized carbons (Fsp3) is 0.938. The lowest BCUT2D eigenvalue weighted by molar-refractivity contribution is 0.0623. The molecule has 1 amide bonds. The summed E-state index contributed by atoms with van der Waals surface area (Å²) in [5, 5.41) is 0. The van der Waals surface area contributed by atoms with E-state index in [1.807, 2.05) is 11.8 Å². The first-order valence-electron chi connectivity index (χ1n) is 8.26. The molecule has 0 aliphatic carbocycles. The van der Waals surface area contributed by atoms with Gasteiger partial charge in [0.1, 0.15) is 0 Å². The summed E-state index contributed by atoms with van der Waals surface area (Å²) >= 11 is 0. The Hall–Kier alpha value is -0.770. The van der Waals surface area contributed by atoms with Crippen LogP contribution in [0.2, 0.25) is 0 Å². The lowest BCUT2D eigenvalue weighted by atomic mass is 9.96. The van der Waals surface area contributed by atoms with Gasteiger partial charge in [0, 0.05) is 25.6 Å². The highest BCUT2D eigenvalue weighted by Gasteiger charge is 2.30. The largest absolute Gasteiger partial charge is 0.450 e. The Balaban J connectivity index is 2.51. The van der Waals surface area contributed by atoms with Gasteiger partial charge in [-0.2, -0.15) is 0 Å². The maximum absolute atomic E-state index is 12.0. The van der Waals surface area contributed by atoms with E-state index in [0.29, 0.717) is 18.6 Å². The lowest BCUT2D eigenvalue weighted by Crippen LogP contribution is -2.38. The molecule has 1 fully saturated rings. The molecule has 20 heavy (non-hydrogen) atoms. The molecule has 1 aliphatic rings. The van der Waals surface area contributed by atoms with Crippen LogP contribution in [0.3, 0.4) is 0 Å². The number of carbonyl (C=O) groups excluding carboxylic acids is 1. The number of carbonyl (C=O) groups is 1. The minimum absolute atomic E-state index is 0.165. The number of amides is 1. The van der Waals surface area contributed by atoms with Crippen molar-refractivity contribution >= 4 is 6.09 Å². The fourth-order valence-corrected chi connectivity index (χ4v) is 2.73. The van der Waals surface area contributed by atoms with Crippen molar-refractivity contribution in [3.63, 3.8) is 0 Å². The van der Waals surface area contributed by atoms with Gasteiger partial charge in [-0.25, -0.2) is 4.79 Å². The Kier molecular flexibility index (Phi) is 8.67. The van der Waals surface area contributed by atoms with Crippen LogP contribution in [-0.4, -0.2) is 43.4 Å². The summed E-state index contributed by atoms with van der Waals surface area (Å²) in [5.41, 5.74) is 0. The van der Waals surface area contributed by atoms with E-state index in [1.165, 1.54) is 12.8 Å². The third-order valence-corrected chi connectivity index (χ3v) is 3.95. The normalized spacial score (nSPS) is 21.9. The molecule has 0 unspecified atom stereocenters. The Morgan fingerprint density at radius 3 is 2.65 bits per heavy atom. The quantitative estimate of drug-likeness (QED) is 0.646. The number of ether oxygens (including phenoxy) is 2. The summed E-state index contributed by atoms with van der Waals surface area (Å²) in [6.45, 7) is 9.08. The summed E-state index contributed by atoms with van der Waals surface area (Å²) in [5.74, 6) is 0.475. The van der Waals surface area contributed by atoms with Gasteiger partial charge in [0.2, 0.25) is 0 Å². The van der Waals surface area contributed by atoms with Crippen molar-refractivity contribution in [2.45, 2.75) is 65.4 Å². The topological polar surface area (TPSA) is 38.8 Å². The van der Waals surface area contributed by atoms with Crippen LogP contribution in [-0.2, 0) is 9.47 Å². The SMILES string of the molecule is CCCC[C@@H]1OCC[C@@H]1CN(CCCC)C(=O)OCC. The highest BCUT2D eigenvalue weighted by Crippen LogP contribution is 2.26. The van der Waals surface area contributed by atoms with Crippen molar-refractivity contribution in [2.24, 2.45) is 5.92 Å². The zero-order valence-electron chi connectivity index (χ0n) is 13.4. The summed E-state index contributed by atoms with van der Waals surface area (Å²) in [6.07, 6.45) is 6.87. The first kappa shape index (κ1) is 17.3. The Morgan fingerprint density at radius 2 is 2.00 bits per heavy atom. The third-order valence-electron chi connectivity index (χ3n) is 3.95. The molecule has 0 spiro atoms. The van der Waals surface area contributed by atoms with Gasteiger partial charge >= 0.3 is 6.09 Å². The predicted octanol–water partition coefficient (Wildman–Crippen LogP) is 3.84. The fourth-order valence-electron chi connectivity index (χ4n) is 2.73. The Morgan fingerprint density at radius 1 is 1.25 bits per heavy atom. The van der Waals surface area contributed by atoms with E-state index >= 15 is 0 Å². The number of nitrogens with zero attached hydrogens (tertiary/aromatic N) is 1. The molecule has 0 bridgehead atoms. The molecule has 0 saturated carbocycles. The van der Waals surface area contributed by atoms with Crippen LogP contribution in [0.15, 0.2) is 0 Å². The van der Waals surface area contributed by atoms with Gasteiger partial charge in [-0.3, -0.25) is 0 Å². The van der Waals surface area contributed by atoms with Crippen LogP contribution < -0.4 is 0 Å². The standard InChI is InChI=1S/C16H31NO3/c1-4-7-9-15-14(10-12-20-15)13-17(11-8-5-2)16(18)19-6-3/h14-15H,4-13H2,1-3H3/t14-,15+/m1/s1. The first-order valence-corrected chi connectivity index (χ1v) is 8.26. The molecule has 4 nitrogen and oxygen atoms in total. The van der Waals surface area contributed by atoms with Crippen LogP contribution in [0.4, 0.5) is 4.79 Å². The highest BCUT2D eigenvalue weighted by molar-refractivity contribution is 5.67. The summed E-state index contributed by atoms with van der Waals surface area (Å²) < 4.78 is 11.0. The first-order chi connectivity index (χ1) is 9.72. The maximum atomic E-state index is 12.0. The molecule has 2 atom stereocenters. The van der Waals surface area contributed by atoms with Crippen molar-refractivity contribution in [3.05, 3.63) is 0 Å². The second-order valence-corrected chi connectivity index (χ2v) is 5.60. The predicted molar refractivity (Wildman–Crippen MR) is 80.9 cm³/mol. The molecule has 118 valence electrons. The van der Waals surface area contributed by atoms with Gasteiger partial charge in [0.15, 0.2) is 0 Å². The van der Waals surface area contributed by atoms with Gasteiger partial charge < -0.3 is 14.4 Å². The van der Waals surface area contributed by atoms with E-state index < -0.39 is 0 Å². The molecule has 0 aromatic rings. The molecule has 0 N–H and O–H groups in total. The molecule has 0 aromatic carbocycles. The van der Waals surface area contributed by atoms with Gasteiger partial charge in [-0.15, -0.1) is 0 Å². The highest BCUT2D eigenvalue weighted by atomic mass is 16.6.